The van der Waals surface area contributed by atoms with E-state index in [1.165, 1.54) is 16.7 Å². The Morgan fingerprint density at radius 1 is 1.50 bits per heavy atom. The number of pyridine rings is 1. The molecule has 0 spiro atoms. The monoisotopic (exact) mass is 295 g/mol. The highest BCUT2D eigenvalue weighted by molar-refractivity contribution is 6.30. The first-order chi connectivity index (χ1) is 9.45. The van der Waals surface area contributed by atoms with Gasteiger partial charge in [0.05, 0.1) is 17.1 Å². The van der Waals surface area contributed by atoms with Gasteiger partial charge in [-0.3, -0.25) is 18.9 Å². The van der Waals surface area contributed by atoms with Crippen molar-refractivity contribution in [3.05, 3.63) is 45.5 Å². The predicted molar refractivity (Wildman–Crippen MR) is 75.1 cm³/mol. The molecule has 0 bridgehead atoms. The van der Waals surface area contributed by atoms with Gasteiger partial charge in [0.15, 0.2) is 0 Å². The van der Waals surface area contributed by atoms with Gasteiger partial charge in [0.1, 0.15) is 5.65 Å². The van der Waals surface area contributed by atoms with Gasteiger partial charge in [-0.15, -0.1) is 0 Å². The summed E-state index contributed by atoms with van der Waals surface area (Å²) >= 11 is 5.83. The van der Waals surface area contributed by atoms with Gasteiger partial charge in [0.25, 0.3) is 5.56 Å². The minimum absolute atomic E-state index is 0.0542. The Labute approximate surface area is 120 Å². The standard InChI is InChI=1S/C13H14ClN3O3/c1-16(5-4-13(19)20)8-10-6-12(18)17-7-9(14)2-3-11(17)15-10/h2-3,6-7H,4-5,8H2,1H3,(H,19,20). The van der Waals surface area contributed by atoms with E-state index in [0.29, 0.717) is 29.5 Å². The quantitative estimate of drug-likeness (QED) is 0.898. The first kappa shape index (κ1) is 14.5. The summed E-state index contributed by atoms with van der Waals surface area (Å²) in [6.45, 7) is 0.818. The number of rotatable bonds is 5. The molecule has 2 aromatic heterocycles. The first-order valence-electron chi connectivity index (χ1n) is 6.04. The van der Waals surface area contributed by atoms with E-state index in [-0.39, 0.29) is 12.0 Å². The van der Waals surface area contributed by atoms with Crippen molar-refractivity contribution in [1.29, 1.82) is 0 Å². The summed E-state index contributed by atoms with van der Waals surface area (Å²) in [5.41, 5.74) is 0.910. The van der Waals surface area contributed by atoms with Crippen LogP contribution in [-0.2, 0) is 11.3 Å². The van der Waals surface area contributed by atoms with Crippen LogP contribution in [0, 0.1) is 0 Å². The molecule has 0 aromatic carbocycles. The average Bonchev–Trinajstić information content (AvgIpc) is 2.37. The minimum atomic E-state index is -0.849. The van der Waals surface area contributed by atoms with Crippen molar-refractivity contribution in [1.82, 2.24) is 14.3 Å². The van der Waals surface area contributed by atoms with Crippen LogP contribution in [0.15, 0.2) is 29.2 Å². The van der Waals surface area contributed by atoms with Crippen LogP contribution >= 0.6 is 11.6 Å². The topological polar surface area (TPSA) is 74.9 Å². The van der Waals surface area contributed by atoms with Crippen LogP contribution in [0.25, 0.3) is 5.65 Å². The number of nitrogens with zero attached hydrogens (tertiary/aromatic N) is 3. The van der Waals surface area contributed by atoms with E-state index in [1.807, 2.05) is 4.90 Å². The lowest BCUT2D eigenvalue weighted by atomic mass is 10.3. The van der Waals surface area contributed by atoms with Crippen LogP contribution in [-0.4, -0.2) is 39.0 Å². The molecule has 6 nitrogen and oxygen atoms in total. The summed E-state index contributed by atoms with van der Waals surface area (Å²) in [5.74, 6) is -0.849. The number of hydrogen-bond donors (Lipinski definition) is 1. The van der Waals surface area contributed by atoms with Crippen molar-refractivity contribution < 1.29 is 9.90 Å². The molecule has 106 valence electrons. The van der Waals surface area contributed by atoms with Crippen molar-refractivity contribution >= 4 is 23.2 Å². The lowest BCUT2D eigenvalue weighted by Gasteiger charge is -2.15. The molecule has 2 heterocycles. The largest absolute Gasteiger partial charge is 0.481 e. The van der Waals surface area contributed by atoms with Crippen molar-refractivity contribution in [2.75, 3.05) is 13.6 Å². The third-order valence-corrected chi connectivity index (χ3v) is 3.04. The predicted octanol–water partition coefficient (Wildman–Crippen LogP) is 1.25. The van der Waals surface area contributed by atoms with E-state index in [1.54, 1.807) is 19.2 Å². The van der Waals surface area contributed by atoms with E-state index in [2.05, 4.69) is 4.98 Å². The van der Waals surface area contributed by atoms with E-state index < -0.39 is 5.97 Å². The van der Waals surface area contributed by atoms with Gasteiger partial charge in [-0.25, -0.2) is 4.98 Å². The van der Waals surface area contributed by atoms with Gasteiger partial charge in [0, 0.05) is 25.4 Å². The Morgan fingerprint density at radius 3 is 2.95 bits per heavy atom. The third-order valence-electron chi connectivity index (χ3n) is 2.82. The normalized spacial score (nSPS) is 11.2. The number of fused-ring (bicyclic) bond motifs is 1. The van der Waals surface area contributed by atoms with Gasteiger partial charge in [-0.1, -0.05) is 11.6 Å². The maximum absolute atomic E-state index is 12.0. The number of halogens is 1. The van der Waals surface area contributed by atoms with Gasteiger partial charge in [-0.05, 0) is 19.2 Å². The highest BCUT2D eigenvalue weighted by Gasteiger charge is 2.07. The van der Waals surface area contributed by atoms with Crippen LogP contribution in [0.3, 0.4) is 0 Å². The zero-order valence-electron chi connectivity index (χ0n) is 10.9. The molecule has 0 radical (unpaired) electrons. The molecule has 0 fully saturated rings. The fourth-order valence-electron chi connectivity index (χ4n) is 1.85. The molecule has 0 aliphatic rings. The van der Waals surface area contributed by atoms with Gasteiger partial charge in [-0.2, -0.15) is 0 Å². The van der Waals surface area contributed by atoms with Gasteiger partial charge in [0.2, 0.25) is 0 Å². The van der Waals surface area contributed by atoms with Crippen molar-refractivity contribution in [2.45, 2.75) is 13.0 Å². The van der Waals surface area contributed by atoms with Crippen LogP contribution in [0.2, 0.25) is 5.02 Å². The number of carboxylic acid groups (broad SMARTS) is 1. The molecular weight excluding hydrogens is 282 g/mol. The molecule has 2 aromatic rings. The number of aromatic nitrogens is 2. The first-order valence-corrected chi connectivity index (χ1v) is 6.41. The van der Waals surface area contributed by atoms with Crippen molar-refractivity contribution in [3.8, 4) is 0 Å². The molecule has 0 aliphatic carbocycles. The summed E-state index contributed by atoms with van der Waals surface area (Å²) in [6, 6.07) is 4.77. The summed E-state index contributed by atoms with van der Waals surface area (Å²) in [4.78, 5) is 28.6. The minimum Gasteiger partial charge on any atom is -0.481 e. The van der Waals surface area contributed by atoms with E-state index in [9.17, 15) is 9.59 Å². The average molecular weight is 296 g/mol. The summed E-state index contributed by atoms with van der Waals surface area (Å²) in [7, 11) is 1.79. The maximum Gasteiger partial charge on any atom is 0.304 e. The molecule has 0 saturated carbocycles. The molecule has 0 saturated heterocycles. The molecule has 0 unspecified atom stereocenters. The molecule has 1 N–H and O–H groups in total. The Bertz CT molecular complexity index is 699. The fourth-order valence-corrected chi connectivity index (χ4v) is 2.01. The van der Waals surface area contributed by atoms with Crippen molar-refractivity contribution in [2.24, 2.45) is 0 Å². The Hall–Kier alpha value is -1.92. The van der Waals surface area contributed by atoms with Crippen LogP contribution in [0.1, 0.15) is 12.1 Å². The summed E-state index contributed by atoms with van der Waals surface area (Å²) in [6.07, 6.45) is 1.57. The highest BCUT2D eigenvalue weighted by Crippen LogP contribution is 2.09. The van der Waals surface area contributed by atoms with Crippen LogP contribution in [0.5, 0.6) is 0 Å². The molecule has 7 heteroatoms. The molecule has 0 aliphatic heterocycles. The SMILES string of the molecule is CN(CCC(=O)O)Cc1cc(=O)n2cc(Cl)ccc2n1. The lowest BCUT2D eigenvalue weighted by molar-refractivity contribution is -0.137. The summed E-state index contributed by atoms with van der Waals surface area (Å²) in [5, 5.41) is 9.10. The fraction of sp³-hybridized carbons (Fsp3) is 0.308. The lowest BCUT2D eigenvalue weighted by Crippen LogP contribution is -2.24. The van der Waals surface area contributed by atoms with Crippen LogP contribution in [0.4, 0.5) is 0 Å². The zero-order valence-corrected chi connectivity index (χ0v) is 11.7. The van der Waals surface area contributed by atoms with Crippen molar-refractivity contribution in [3.63, 3.8) is 0 Å². The molecule has 0 amide bonds. The number of hydrogen-bond acceptors (Lipinski definition) is 4. The van der Waals surface area contributed by atoms with Crippen LogP contribution < -0.4 is 5.56 Å². The summed E-state index contributed by atoms with van der Waals surface area (Å²) < 4.78 is 1.38. The van der Waals surface area contributed by atoms with E-state index in [4.69, 9.17) is 16.7 Å². The Kier molecular flexibility index (Phi) is 4.36. The highest BCUT2D eigenvalue weighted by atomic mass is 35.5. The Balaban J connectivity index is 2.21. The molecule has 20 heavy (non-hydrogen) atoms. The third kappa shape index (κ3) is 3.55. The number of carbonyl (C=O) groups is 1. The van der Waals surface area contributed by atoms with Gasteiger partial charge < -0.3 is 5.11 Å². The number of aliphatic carboxylic acids is 1. The van der Waals surface area contributed by atoms with Gasteiger partial charge >= 0.3 is 5.97 Å². The smallest absolute Gasteiger partial charge is 0.304 e. The maximum atomic E-state index is 12.0. The second-order valence-corrected chi connectivity index (χ2v) is 4.98. The molecule has 2 rings (SSSR count). The van der Waals surface area contributed by atoms with E-state index in [0.717, 1.165) is 0 Å². The second-order valence-electron chi connectivity index (χ2n) is 4.54. The zero-order chi connectivity index (χ0) is 14.7. The second kappa shape index (κ2) is 6.02. The Morgan fingerprint density at radius 2 is 2.25 bits per heavy atom. The number of carboxylic acids is 1. The van der Waals surface area contributed by atoms with E-state index >= 15 is 0 Å². The molecule has 0 atom stereocenters. The molecular formula is C13H14ClN3O3.